The Hall–Kier alpha value is -2.24. The molecule has 1 aromatic carbocycles. The molecule has 1 amide bonds. The fraction of sp³-hybridized carbons (Fsp3) is 0.368. The highest BCUT2D eigenvalue weighted by Crippen LogP contribution is 2.19. The summed E-state index contributed by atoms with van der Waals surface area (Å²) in [5.74, 6) is -0.0633. The number of benzene rings is 1. The van der Waals surface area contributed by atoms with Crippen molar-refractivity contribution in [1.29, 1.82) is 0 Å². The molecule has 1 aliphatic heterocycles. The van der Waals surface area contributed by atoms with E-state index in [9.17, 15) is 4.79 Å². The molecule has 1 saturated heterocycles. The first-order valence-electron chi connectivity index (χ1n) is 8.46. The molecule has 24 heavy (non-hydrogen) atoms. The fourth-order valence-electron chi connectivity index (χ4n) is 2.83. The standard InChI is InChI=1S/C19H24N4O/c1-15-2-4-16(5-3-15)17-12-18(14-21-13-17)19(24)22-8-11-23-9-6-20-7-10-23/h2-5,12-14,20H,6-11H2,1H3,(H,22,24). The van der Waals surface area contributed by atoms with Crippen LogP contribution in [0.15, 0.2) is 42.7 Å². The Labute approximate surface area is 143 Å². The molecule has 2 aromatic rings. The van der Waals surface area contributed by atoms with Gasteiger partial charge in [-0.05, 0) is 18.6 Å². The lowest BCUT2D eigenvalue weighted by Gasteiger charge is -2.27. The number of amides is 1. The number of hydrogen-bond acceptors (Lipinski definition) is 4. The van der Waals surface area contributed by atoms with Crippen LogP contribution in [0.5, 0.6) is 0 Å². The van der Waals surface area contributed by atoms with Crippen molar-refractivity contribution in [3.63, 3.8) is 0 Å². The molecule has 0 aliphatic carbocycles. The zero-order valence-electron chi connectivity index (χ0n) is 14.1. The van der Waals surface area contributed by atoms with Gasteiger partial charge in [0.15, 0.2) is 0 Å². The Balaban J connectivity index is 1.58. The predicted molar refractivity (Wildman–Crippen MR) is 96.1 cm³/mol. The second kappa shape index (κ2) is 8.04. The molecule has 0 unspecified atom stereocenters. The molecule has 3 rings (SSSR count). The van der Waals surface area contributed by atoms with E-state index in [0.29, 0.717) is 12.1 Å². The summed E-state index contributed by atoms with van der Waals surface area (Å²) in [6, 6.07) is 10.1. The van der Waals surface area contributed by atoms with Crippen LogP contribution < -0.4 is 10.6 Å². The molecular formula is C19H24N4O. The number of carbonyl (C=O) groups is 1. The number of nitrogens with zero attached hydrogens (tertiary/aromatic N) is 2. The van der Waals surface area contributed by atoms with Crippen molar-refractivity contribution < 1.29 is 4.79 Å². The average molecular weight is 324 g/mol. The molecule has 0 saturated carbocycles. The summed E-state index contributed by atoms with van der Waals surface area (Å²) in [6.45, 7) is 7.74. The maximum Gasteiger partial charge on any atom is 0.252 e. The molecule has 2 heterocycles. The largest absolute Gasteiger partial charge is 0.351 e. The van der Waals surface area contributed by atoms with Crippen molar-refractivity contribution in [2.24, 2.45) is 0 Å². The van der Waals surface area contributed by atoms with Crippen molar-refractivity contribution in [2.45, 2.75) is 6.92 Å². The van der Waals surface area contributed by atoms with Crippen molar-refractivity contribution in [3.8, 4) is 11.1 Å². The Kier molecular flexibility index (Phi) is 5.56. The molecule has 0 spiro atoms. The smallest absolute Gasteiger partial charge is 0.252 e. The van der Waals surface area contributed by atoms with E-state index in [4.69, 9.17) is 0 Å². The fourth-order valence-corrected chi connectivity index (χ4v) is 2.83. The quantitative estimate of drug-likeness (QED) is 0.879. The lowest BCUT2D eigenvalue weighted by Crippen LogP contribution is -2.46. The molecule has 1 fully saturated rings. The first-order valence-corrected chi connectivity index (χ1v) is 8.46. The van der Waals surface area contributed by atoms with Gasteiger partial charge in [0.2, 0.25) is 0 Å². The van der Waals surface area contributed by atoms with Crippen LogP contribution in [-0.4, -0.2) is 55.1 Å². The molecule has 1 aromatic heterocycles. The van der Waals surface area contributed by atoms with E-state index in [-0.39, 0.29) is 5.91 Å². The summed E-state index contributed by atoms with van der Waals surface area (Å²) in [6.07, 6.45) is 3.42. The number of carbonyl (C=O) groups excluding carboxylic acids is 1. The first-order chi connectivity index (χ1) is 11.7. The topological polar surface area (TPSA) is 57.3 Å². The van der Waals surface area contributed by atoms with E-state index in [1.54, 1.807) is 12.4 Å². The maximum absolute atomic E-state index is 12.3. The number of hydrogen-bond donors (Lipinski definition) is 2. The molecule has 0 bridgehead atoms. The summed E-state index contributed by atoms with van der Waals surface area (Å²) >= 11 is 0. The van der Waals surface area contributed by atoms with Gasteiger partial charge in [-0.3, -0.25) is 14.7 Å². The Bertz CT molecular complexity index is 678. The van der Waals surface area contributed by atoms with E-state index in [2.05, 4.69) is 51.7 Å². The molecule has 5 nitrogen and oxygen atoms in total. The summed E-state index contributed by atoms with van der Waals surface area (Å²) in [7, 11) is 0. The van der Waals surface area contributed by atoms with E-state index in [0.717, 1.165) is 43.9 Å². The lowest BCUT2D eigenvalue weighted by molar-refractivity contribution is 0.0947. The van der Waals surface area contributed by atoms with Crippen molar-refractivity contribution in [1.82, 2.24) is 20.5 Å². The monoisotopic (exact) mass is 324 g/mol. The maximum atomic E-state index is 12.3. The number of pyridine rings is 1. The van der Waals surface area contributed by atoms with Crippen LogP contribution >= 0.6 is 0 Å². The highest BCUT2D eigenvalue weighted by atomic mass is 16.1. The number of aryl methyl sites for hydroxylation is 1. The SMILES string of the molecule is Cc1ccc(-c2cncc(C(=O)NCCN3CCNCC3)c2)cc1. The number of aromatic nitrogens is 1. The minimum absolute atomic E-state index is 0.0633. The molecule has 1 aliphatic rings. The lowest BCUT2D eigenvalue weighted by atomic mass is 10.0. The van der Waals surface area contributed by atoms with Crippen LogP contribution in [0.25, 0.3) is 11.1 Å². The zero-order chi connectivity index (χ0) is 16.8. The van der Waals surface area contributed by atoms with E-state index in [1.807, 2.05) is 6.07 Å². The highest BCUT2D eigenvalue weighted by molar-refractivity contribution is 5.95. The van der Waals surface area contributed by atoms with Crippen LogP contribution in [0, 0.1) is 6.92 Å². The van der Waals surface area contributed by atoms with Crippen molar-refractivity contribution >= 4 is 5.91 Å². The van der Waals surface area contributed by atoms with Gasteiger partial charge in [0, 0.05) is 57.2 Å². The summed E-state index contributed by atoms with van der Waals surface area (Å²) in [5, 5.41) is 6.32. The third-order valence-electron chi connectivity index (χ3n) is 4.31. The first kappa shape index (κ1) is 16.6. The van der Waals surface area contributed by atoms with E-state index in [1.165, 1.54) is 5.56 Å². The van der Waals surface area contributed by atoms with Gasteiger partial charge in [-0.1, -0.05) is 29.8 Å². The minimum Gasteiger partial charge on any atom is -0.351 e. The molecule has 2 N–H and O–H groups in total. The number of rotatable bonds is 5. The molecular weight excluding hydrogens is 300 g/mol. The molecule has 126 valence electrons. The van der Waals surface area contributed by atoms with Crippen LogP contribution in [0.4, 0.5) is 0 Å². The van der Waals surface area contributed by atoms with Gasteiger partial charge in [0.25, 0.3) is 5.91 Å². The third kappa shape index (κ3) is 4.40. The molecule has 0 radical (unpaired) electrons. The number of nitrogens with one attached hydrogen (secondary N) is 2. The van der Waals surface area contributed by atoms with Crippen molar-refractivity contribution in [3.05, 3.63) is 53.9 Å². The average Bonchev–Trinajstić information content (AvgIpc) is 2.63. The predicted octanol–water partition coefficient (Wildman–Crippen LogP) is 1.69. The van der Waals surface area contributed by atoms with Gasteiger partial charge < -0.3 is 10.6 Å². The summed E-state index contributed by atoms with van der Waals surface area (Å²) in [4.78, 5) is 18.9. The highest BCUT2D eigenvalue weighted by Gasteiger charge is 2.11. The Morgan fingerprint density at radius 1 is 1.17 bits per heavy atom. The van der Waals surface area contributed by atoms with E-state index >= 15 is 0 Å². The van der Waals surface area contributed by atoms with Crippen LogP contribution in [0.1, 0.15) is 15.9 Å². The van der Waals surface area contributed by atoms with Gasteiger partial charge in [0.05, 0.1) is 5.56 Å². The number of piperazine rings is 1. The zero-order valence-corrected chi connectivity index (χ0v) is 14.1. The summed E-state index contributed by atoms with van der Waals surface area (Å²) in [5.41, 5.74) is 3.86. The Morgan fingerprint density at radius 2 is 1.92 bits per heavy atom. The Morgan fingerprint density at radius 3 is 2.67 bits per heavy atom. The van der Waals surface area contributed by atoms with Gasteiger partial charge in [-0.15, -0.1) is 0 Å². The second-order valence-corrected chi connectivity index (χ2v) is 6.18. The van der Waals surface area contributed by atoms with Crippen LogP contribution in [0.3, 0.4) is 0 Å². The van der Waals surface area contributed by atoms with Crippen molar-refractivity contribution in [2.75, 3.05) is 39.3 Å². The van der Waals surface area contributed by atoms with Crippen LogP contribution in [-0.2, 0) is 0 Å². The normalized spacial score (nSPS) is 15.2. The van der Waals surface area contributed by atoms with E-state index < -0.39 is 0 Å². The van der Waals surface area contributed by atoms with Gasteiger partial charge in [-0.2, -0.15) is 0 Å². The second-order valence-electron chi connectivity index (χ2n) is 6.18. The third-order valence-corrected chi connectivity index (χ3v) is 4.31. The van der Waals surface area contributed by atoms with Gasteiger partial charge >= 0.3 is 0 Å². The molecule has 0 atom stereocenters. The minimum atomic E-state index is -0.0633. The van der Waals surface area contributed by atoms with Gasteiger partial charge in [0.1, 0.15) is 0 Å². The summed E-state index contributed by atoms with van der Waals surface area (Å²) < 4.78 is 0. The van der Waals surface area contributed by atoms with Crippen LogP contribution in [0.2, 0.25) is 0 Å². The van der Waals surface area contributed by atoms with Gasteiger partial charge in [-0.25, -0.2) is 0 Å². The molecule has 5 heteroatoms.